The van der Waals surface area contributed by atoms with Gasteiger partial charge in [-0.25, -0.2) is 4.79 Å². The molecule has 1 aromatic carbocycles. The third-order valence-electron chi connectivity index (χ3n) is 4.61. The van der Waals surface area contributed by atoms with E-state index in [1.165, 1.54) is 0 Å². The van der Waals surface area contributed by atoms with Crippen LogP contribution >= 0.6 is 23.2 Å². The Balaban J connectivity index is 1.50. The number of nitrogens with zero attached hydrogens (tertiary/aromatic N) is 1. The first-order valence-corrected chi connectivity index (χ1v) is 10.1. The Bertz CT molecular complexity index is 798. The van der Waals surface area contributed by atoms with Crippen molar-refractivity contribution in [2.24, 2.45) is 5.92 Å². The number of nitrogens with two attached hydrogens (primary N) is 1. The average molecular weight is 425 g/mol. The standard InChI is InChI=1S/C21H26Cl2N2O3/c1-21(2,3)28-20(26)25-10-13(11-25)12-27-16-6-4-14(5-7-16)19-17(22)8-15(24)9-18(19)23/h4,6,8-9,13H,5,7,10-12,24H2,1-3H3. The lowest BCUT2D eigenvalue weighted by Gasteiger charge is -2.39. The van der Waals surface area contributed by atoms with Gasteiger partial charge in [0.05, 0.1) is 22.4 Å². The molecule has 0 bridgehead atoms. The molecule has 1 fully saturated rings. The molecule has 2 aliphatic rings. The van der Waals surface area contributed by atoms with E-state index >= 15 is 0 Å². The van der Waals surface area contributed by atoms with E-state index in [0.29, 0.717) is 41.3 Å². The van der Waals surface area contributed by atoms with Crippen molar-refractivity contribution in [2.75, 3.05) is 25.4 Å². The zero-order valence-electron chi connectivity index (χ0n) is 16.4. The smallest absolute Gasteiger partial charge is 0.410 e. The maximum atomic E-state index is 12.0. The second-order valence-corrected chi connectivity index (χ2v) is 9.06. The average Bonchev–Trinajstić information content (AvgIpc) is 2.52. The highest BCUT2D eigenvalue weighted by atomic mass is 35.5. The van der Waals surface area contributed by atoms with Crippen LogP contribution in [0.3, 0.4) is 0 Å². The highest BCUT2D eigenvalue weighted by molar-refractivity contribution is 6.38. The van der Waals surface area contributed by atoms with Gasteiger partial charge in [0, 0.05) is 36.7 Å². The van der Waals surface area contributed by atoms with Crippen molar-refractivity contribution in [3.05, 3.63) is 45.7 Å². The summed E-state index contributed by atoms with van der Waals surface area (Å²) in [7, 11) is 0. The van der Waals surface area contributed by atoms with E-state index < -0.39 is 5.60 Å². The first-order chi connectivity index (χ1) is 13.1. The Morgan fingerprint density at radius 1 is 1.18 bits per heavy atom. The lowest BCUT2D eigenvalue weighted by Crippen LogP contribution is -2.53. The van der Waals surface area contributed by atoms with E-state index in [0.717, 1.165) is 29.7 Å². The first-order valence-electron chi connectivity index (χ1n) is 9.38. The van der Waals surface area contributed by atoms with Gasteiger partial charge in [0.25, 0.3) is 0 Å². The zero-order valence-corrected chi connectivity index (χ0v) is 17.9. The lowest BCUT2D eigenvalue weighted by molar-refractivity contribution is -0.0135. The van der Waals surface area contributed by atoms with E-state index in [4.69, 9.17) is 38.4 Å². The normalized spacial score (nSPS) is 17.5. The van der Waals surface area contributed by atoms with Crippen molar-refractivity contribution in [2.45, 2.75) is 39.2 Å². The van der Waals surface area contributed by atoms with Crippen molar-refractivity contribution in [3.8, 4) is 0 Å². The molecule has 0 unspecified atom stereocenters. The SMILES string of the molecule is CC(C)(C)OC(=O)N1CC(COC2=CC=C(c3c(Cl)cc(N)cc3Cl)CC2)C1. The molecule has 152 valence electrons. The molecule has 1 amide bonds. The number of allylic oxidation sites excluding steroid dienone is 4. The minimum atomic E-state index is -0.466. The predicted molar refractivity (Wildman–Crippen MR) is 113 cm³/mol. The number of carbonyl (C=O) groups excluding carboxylic acids is 1. The molecule has 2 N–H and O–H groups in total. The van der Waals surface area contributed by atoms with Crippen LogP contribution in [0, 0.1) is 5.92 Å². The van der Waals surface area contributed by atoms with Crippen LogP contribution in [-0.4, -0.2) is 36.3 Å². The molecule has 1 aliphatic carbocycles. The molecule has 3 rings (SSSR count). The Morgan fingerprint density at radius 2 is 1.82 bits per heavy atom. The summed E-state index contributed by atoms with van der Waals surface area (Å²) >= 11 is 12.6. The van der Waals surface area contributed by atoms with Gasteiger partial charge in [-0.2, -0.15) is 0 Å². The summed E-state index contributed by atoms with van der Waals surface area (Å²) in [5.41, 5.74) is 7.76. The number of hydrogen-bond donors (Lipinski definition) is 1. The minimum absolute atomic E-state index is 0.259. The molecule has 1 aromatic rings. The first kappa shape index (κ1) is 20.9. The van der Waals surface area contributed by atoms with Crippen molar-refractivity contribution in [1.29, 1.82) is 0 Å². The highest BCUT2D eigenvalue weighted by Crippen LogP contribution is 2.38. The number of rotatable bonds is 4. The fourth-order valence-corrected chi connectivity index (χ4v) is 3.97. The van der Waals surface area contributed by atoms with Crippen molar-refractivity contribution >= 4 is 40.6 Å². The maximum Gasteiger partial charge on any atom is 0.410 e. The zero-order chi connectivity index (χ0) is 20.5. The summed E-state index contributed by atoms with van der Waals surface area (Å²) < 4.78 is 11.3. The summed E-state index contributed by atoms with van der Waals surface area (Å²) in [5.74, 6) is 1.27. The van der Waals surface area contributed by atoms with Gasteiger partial charge in [0.15, 0.2) is 0 Å². The number of likely N-dealkylation sites (tertiary alicyclic amines) is 1. The van der Waals surface area contributed by atoms with Crippen LogP contribution in [0.2, 0.25) is 10.0 Å². The Kier molecular flexibility index (Phi) is 6.15. The molecule has 1 aliphatic heterocycles. The van der Waals surface area contributed by atoms with E-state index in [1.54, 1.807) is 17.0 Å². The molecule has 0 saturated carbocycles. The number of carbonyl (C=O) groups is 1. The molecule has 0 aromatic heterocycles. The number of ether oxygens (including phenoxy) is 2. The van der Waals surface area contributed by atoms with Crippen molar-refractivity contribution in [1.82, 2.24) is 4.90 Å². The van der Waals surface area contributed by atoms with Gasteiger partial charge < -0.3 is 20.1 Å². The molecule has 1 saturated heterocycles. The monoisotopic (exact) mass is 424 g/mol. The molecule has 1 heterocycles. The molecular weight excluding hydrogens is 399 g/mol. The molecule has 5 nitrogen and oxygen atoms in total. The molecular formula is C21H26Cl2N2O3. The quantitative estimate of drug-likeness (QED) is 0.645. The van der Waals surface area contributed by atoms with Crippen LogP contribution in [0.15, 0.2) is 30.0 Å². The third kappa shape index (κ3) is 5.15. The van der Waals surface area contributed by atoms with Crippen LogP contribution in [0.25, 0.3) is 5.57 Å². The maximum absolute atomic E-state index is 12.0. The third-order valence-corrected chi connectivity index (χ3v) is 5.21. The number of amides is 1. The topological polar surface area (TPSA) is 64.8 Å². The lowest BCUT2D eigenvalue weighted by atomic mass is 9.96. The minimum Gasteiger partial charge on any atom is -0.497 e. The molecule has 0 atom stereocenters. The van der Waals surface area contributed by atoms with E-state index in [9.17, 15) is 4.79 Å². The van der Waals surface area contributed by atoms with Crippen molar-refractivity contribution in [3.63, 3.8) is 0 Å². The molecule has 0 spiro atoms. The van der Waals surface area contributed by atoms with E-state index in [1.807, 2.05) is 32.9 Å². The molecule has 28 heavy (non-hydrogen) atoms. The van der Waals surface area contributed by atoms with Gasteiger partial charge in [0.2, 0.25) is 0 Å². The number of halogens is 2. The number of benzene rings is 1. The summed E-state index contributed by atoms with van der Waals surface area (Å²) in [6.45, 7) is 7.53. The second kappa shape index (κ2) is 8.26. The van der Waals surface area contributed by atoms with E-state index in [-0.39, 0.29) is 6.09 Å². The highest BCUT2D eigenvalue weighted by Gasteiger charge is 2.34. The van der Waals surface area contributed by atoms with E-state index in [2.05, 4.69) is 0 Å². The van der Waals surface area contributed by atoms with Gasteiger partial charge in [-0.3, -0.25) is 0 Å². The second-order valence-electron chi connectivity index (χ2n) is 8.25. The van der Waals surface area contributed by atoms with Gasteiger partial charge in [0.1, 0.15) is 5.60 Å². The fraction of sp³-hybridized carbons (Fsp3) is 0.476. The largest absolute Gasteiger partial charge is 0.497 e. The van der Waals surface area contributed by atoms with Gasteiger partial charge >= 0.3 is 6.09 Å². The summed E-state index contributed by atoms with van der Waals surface area (Å²) in [5, 5.41) is 1.12. The summed E-state index contributed by atoms with van der Waals surface area (Å²) in [6, 6.07) is 3.43. The van der Waals surface area contributed by atoms with Crippen LogP contribution < -0.4 is 5.73 Å². The molecule has 7 heteroatoms. The predicted octanol–water partition coefficient (Wildman–Crippen LogP) is 5.52. The van der Waals surface area contributed by atoms with Gasteiger partial charge in [-0.05, 0) is 51.0 Å². The number of hydrogen-bond acceptors (Lipinski definition) is 4. The number of nitrogen functional groups attached to an aromatic ring is 1. The Labute approximate surface area is 176 Å². The van der Waals surface area contributed by atoms with Crippen LogP contribution in [0.4, 0.5) is 10.5 Å². The van der Waals surface area contributed by atoms with Gasteiger partial charge in [-0.1, -0.05) is 29.3 Å². The Morgan fingerprint density at radius 3 is 2.36 bits per heavy atom. The van der Waals surface area contributed by atoms with Crippen LogP contribution in [0.1, 0.15) is 39.2 Å². The number of anilines is 1. The molecule has 0 radical (unpaired) electrons. The van der Waals surface area contributed by atoms with Crippen LogP contribution in [0.5, 0.6) is 0 Å². The van der Waals surface area contributed by atoms with Gasteiger partial charge in [-0.15, -0.1) is 0 Å². The van der Waals surface area contributed by atoms with Crippen molar-refractivity contribution < 1.29 is 14.3 Å². The van der Waals surface area contributed by atoms with Crippen LogP contribution in [-0.2, 0) is 9.47 Å². The fourth-order valence-electron chi connectivity index (χ4n) is 3.22. The summed E-state index contributed by atoms with van der Waals surface area (Å²) in [6.07, 6.45) is 5.28. The Hall–Kier alpha value is -1.85. The summed E-state index contributed by atoms with van der Waals surface area (Å²) in [4.78, 5) is 13.7.